The second-order valence-electron chi connectivity index (χ2n) is 6.80. The third kappa shape index (κ3) is 2.47. The van der Waals surface area contributed by atoms with E-state index in [0.717, 1.165) is 16.9 Å². The van der Waals surface area contributed by atoms with E-state index in [0.29, 0.717) is 6.42 Å². The van der Waals surface area contributed by atoms with Crippen LogP contribution in [-0.2, 0) is 6.42 Å². The molecule has 0 atom stereocenters. The fourth-order valence-electron chi connectivity index (χ4n) is 3.88. The fourth-order valence-corrected chi connectivity index (χ4v) is 3.88. The molecule has 0 unspecified atom stereocenters. The number of aliphatic hydroxyl groups is 1. The summed E-state index contributed by atoms with van der Waals surface area (Å²) in [6, 6.07) is 28.0. The summed E-state index contributed by atoms with van der Waals surface area (Å²) in [5.74, 6) is 0. The number of hydrogen-bond donors (Lipinski definition) is 2. The van der Waals surface area contributed by atoms with Gasteiger partial charge in [-0.05, 0) is 68.6 Å². The number of nitrogens with one attached hydrogen (secondary N) is 1. The van der Waals surface area contributed by atoms with Gasteiger partial charge in [0.1, 0.15) is 0 Å². The van der Waals surface area contributed by atoms with E-state index in [1.54, 1.807) is 0 Å². The van der Waals surface area contributed by atoms with E-state index in [1.165, 1.54) is 32.3 Å². The third-order valence-corrected chi connectivity index (χ3v) is 5.11. The van der Waals surface area contributed by atoms with Crippen LogP contribution in [-0.4, -0.2) is 11.7 Å². The zero-order chi connectivity index (χ0) is 17.5. The fraction of sp³-hybridized carbons (Fsp3) is 0.0833. The highest BCUT2D eigenvalue weighted by Gasteiger charge is 2.09. The number of aliphatic hydroxyl groups excluding tert-OH is 1. The van der Waals surface area contributed by atoms with Crippen LogP contribution < -0.4 is 5.32 Å². The molecule has 0 saturated heterocycles. The molecule has 0 aliphatic carbocycles. The first-order valence-corrected chi connectivity index (χ1v) is 8.96. The van der Waals surface area contributed by atoms with Crippen molar-refractivity contribution < 1.29 is 5.11 Å². The quantitative estimate of drug-likeness (QED) is 0.402. The lowest BCUT2D eigenvalue weighted by Crippen LogP contribution is -1.94. The van der Waals surface area contributed by atoms with Crippen molar-refractivity contribution in [1.82, 2.24) is 0 Å². The van der Waals surface area contributed by atoms with E-state index in [9.17, 15) is 0 Å². The second-order valence-corrected chi connectivity index (χ2v) is 6.80. The van der Waals surface area contributed by atoms with Gasteiger partial charge in [0.15, 0.2) is 0 Å². The van der Waals surface area contributed by atoms with E-state index < -0.39 is 0 Å². The van der Waals surface area contributed by atoms with Gasteiger partial charge < -0.3 is 10.4 Å². The summed E-state index contributed by atoms with van der Waals surface area (Å²) in [6.07, 6.45) is 0.695. The van der Waals surface area contributed by atoms with E-state index in [2.05, 4.69) is 84.2 Å². The number of benzene rings is 5. The van der Waals surface area contributed by atoms with Crippen molar-refractivity contribution in [3.63, 3.8) is 0 Å². The molecule has 0 fully saturated rings. The molecule has 5 aromatic rings. The lowest BCUT2D eigenvalue weighted by molar-refractivity contribution is 0.299. The molecule has 0 aliphatic rings. The van der Waals surface area contributed by atoms with Crippen LogP contribution in [0, 0.1) is 0 Å². The average Bonchev–Trinajstić information content (AvgIpc) is 2.68. The molecule has 2 N–H and O–H groups in total. The maximum atomic E-state index is 9.04. The van der Waals surface area contributed by atoms with Gasteiger partial charge in [-0.3, -0.25) is 0 Å². The molecule has 26 heavy (non-hydrogen) atoms. The zero-order valence-electron chi connectivity index (χ0n) is 14.4. The van der Waals surface area contributed by atoms with Gasteiger partial charge >= 0.3 is 0 Å². The Hall–Kier alpha value is -3.10. The molecule has 0 heterocycles. The van der Waals surface area contributed by atoms with Crippen molar-refractivity contribution in [2.24, 2.45) is 0 Å². The minimum atomic E-state index is 0.184. The van der Waals surface area contributed by atoms with Gasteiger partial charge in [-0.15, -0.1) is 0 Å². The Labute approximate surface area is 152 Å². The summed E-state index contributed by atoms with van der Waals surface area (Å²) in [5.41, 5.74) is 3.29. The van der Waals surface area contributed by atoms with Crippen molar-refractivity contribution in [3.05, 3.63) is 84.4 Å². The van der Waals surface area contributed by atoms with Crippen LogP contribution in [0.25, 0.3) is 32.3 Å². The minimum Gasteiger partial charge on any atom is -0.396 e. The molecule has 0 spiro atoms. The molecular weight excluding hydrogens is 318 g/mol. The van der Waals surface area contributed by atoms with Gasteiger partial charge in [-0.1, -0.05) is 54.6 Å². The van der Waals surface area contributed by atoms with E-state index in [-0.39, 0.29) is 6.61 Å². The molecule has 0 aromatic heterocycles. The molecule has 5 rings (SSSR count). The average molecular weight is 337 g/mol. The maximum absolute atomic E-state index is 9.04. The number of hydrogen-bond acceptors (Lipinski definition) is 2. The molecule has 2 nitrogen and oxygen atoms in total. The molecule has 0 saturated carbocycles. The summed E-state index contributed by atoms with van der Waals surface area (Å²) in [5, 5.41) is 20.3. The van der Waals surface area contributed by atoms with Crippen LogP contribution >= 0.6 is 0 Å². The first-order valence-electron chi connectivity index (χ1n) is 8.96. The molecule has 0 radical (unpaired) electrons. The Morgan fingerprint density at radius 2 is 1.19 bits per heavy atom. The second kappa shape index (κ2) is 6.01. The van der Waals surface area contributed by atoms with Crippen LogP contribution in [0.2, 0.25) is 0 Å². The van der Waals surface area contributed by atoms with Crippen molar-refractivity contribution in [3.8, 4) is 0 Å². The van der Waals surface area contributed by atoms with E-state index in [4.69, 9.17) is 5.11 Å². The van der Waals surface area contributed by atoms with Crippen molar-refractivity contribution >= 4 is 43.7 Å². The molecule has 126 valence electrons. The highest BCUT2D eigenvalue weighted by molar-refractivity contribution is 6.23. The molecule has 0 bridgehead atoms. The first-order chi connectivity index (χ1) is 12.8. The highest BCUT2D eigenvalue weighted by Crippen LogP contribution is 2.36. The largest absolute Gasteiger partial charge is 0.396 e. The SMILES string of the molecule is OCCc1ccc(Nc2cc3ccc4cccc5ccc(c2)c3c45)cc1. The summed E-state index contributed by atoms with van der Waals surface area (Å²) in [7, 11) is 0. The van der Waals surface area contributed by atoms with Crippen molar-refractivity contribution in [2.45, 2.75) is 6.42 Å². The van der Waals surface area contributed by atoms with Crippen LogP contribution in [0.3, 0.4) is 0 Å². The van der Waals surface area contributed by atoms with E-state index >= 15 is 0 Å². The monoisotopic (exact) mass is 337 g/mol. The number of anilines is 2. The van der Waals surface area contributed by atoms with Gasteiger partial charge in [0.2, 0.25) is 0 Å². The number of rotatable bonds is 4. The minimum absolute atomic E-state index is 0.184. The standard InChI is InChI=1S/C24H19NO/c26-13-12-16-4-10-21(11-5-16)25-22-14-19-8-6-17-2-1-3-18-7-9-20(15-22)24(19)23(17)18/h1-11,14-15,25-26H,12-13H2. The molecular formula is C24H19NO. The van der Waals surface area contributed by atoms with Gasteiger partial charge in [-0.25, -0.2) is 0 Å². The third-order valence-electron chi connectivity index (χ3n) is 5.11. The highest BCUT2D eigenvalue weighted by atomic mass is 16.2. The zero-order valence-corrected chi connectivity index (χ0v) is 14.4. The predicted molar refractivity (Wildman–Crippen MR) is 111 cm³/mol. The maximum Gasteiger partial charge on any atom is 0.0471 e. The normalized spacial score (nSPS) is 11.6. The Balaban J connectivity index is 1.60. The lowest BCUT2D eigenvalue weighted by atomic mass is 9.94. The van der Waals surface area contributed by atoms with Gasteiger partial charge in [0.05, 0.1) is 0 Å². The lowest BCUT2D eigenvalue weighted by Gasteiger charge is -2.14. The Bertz CT molecular complexity index is 1140. The molecule has 5 aromatic carbocycles. The predicted octanol–water partition coefficient (Wildman–Crippen LogP) is 5.86. The van der Waals surface area contributed by atoms with Crippen LogP contribution in [0.15, 0.2) is 78.9 Å². The summed E-state index contributed by atoms with van der Waals surface area (Å²) < 4.78 is 0. The Kier molecular flexibility index (Phi) is 3.51. The van der Waals surface area contributed by atoms with Gasteiger partial charge in [0.25, 0.3) is 0 Å². The molecule has 2 heteroatoms. The smallest absolute Gasteiger partial charge is 0.0471 e. The Morgan fingerprint density at radius 3 is 1.81 bits per heavy atom. The molecule has 0 aliphatic heterocycles. The van der Waals surface area contributed by atoms with Crippen LogP contribution in [0.5, 0.6) is 0 Å². The van der Waals surface area contributed by atoms with Crippen LogP contribution in [0.4, 0.5) is 11.4 Å². The van der Waals surface area contributed by atoms with Gasteiger partial charge in [-0.2, -0.15) is 0 Å². The Morgan fingerprint density at radius 1 is 0.615 bits per heavy atom. The van der Waals surface area contributed by atoms with E-state index in [1.807, 2.05) is 0 Å². The first kappa shape index (κ1) is 15.2. The summed E-state index contributed by atoms with van der Waals surface area (Å²) in [6.45, 7) is 0.184. The topological polar surface area (TPSA) is 32.3 Å². The van der Waals surface area contributed by atoms with Crippen molar-refractivity contribution in [1.29, 1.82) is 0 Å². The summed E-state index contributed by atoms with van der Waals surface area (Å²) in [4.78, 5) is 0. The molecule has 0 amide bonds. The van der Waals surface area contributed by atoms with Crippen molar-refractivity contribution in [2.75, 3.05) is 11.9 Å². The van der Waals surface area contributed by atoms with Gasteiger partial charge in [0, 0.05) is 18.0 Å². The van der Waals surface area contributed by atoms with Crippen LogP contribution in [0.1, 0.15) is 5.56 Å². The summed E-state index contributed by atoms with van der Waals surface area (Å²) >= 11 is 0.